The Bertz CT molecular complexity index is 4990. The number of ether oxygens (including phenoxy) is 10. The summed E-state index contributed by atoms with van der Waals surface area (Å²) in [5.41, 5.74) is 29.1. The normalized spacial score (nSPS) is 16.3. The predicted octanol–water partition coefficient (Wildman–Crippen LogP) is 27.0. The fourth-order valence-electron chi connectivity index (χ4n) is 17.1. The molecule has 0 amide bonds. The molecule has 0 fully saturated rings. The number of anilines is 3. The van der Waals surface area contributed by atoms with Gasteiger partial charge in [0, 0.05) is 113 Å². The van der Waals surface area contributed by atoms with E-state index >= 15 is 0 Å². The Morgan fingerprint density at radius 1 is 0.212 bits per heavy atom. The number of aryl methyl sites for hydroxylation is 5. The van der Waals surface area contributed by atoms with Crippen molar-refractivity contribution in [2.45, 2.75) is 365 Å². The molecule has 10 aliphatic rings. The molecule has 4 aromatic carbocycles. The zero-order chi connectivity index (χ0) is 106. The van der Waals surface area contributed by atoms with Crippen LogP contribution in [-0.2, 0) is 133 Å². The van der Waals surface area contributed by atoms with Gasteiger partial charge in [-0.1, -0.05) is 268 Å². The van der Waals surface area contributed by atoms with Crippen LogP contribution in [0.4, 0.5) is 17.3 Å². The van der Waals surface area contributed by atoms with Crippen molar-refractivity contribution in [3.05, 3.63) is 258 Å². The van der Waals surface area contributed by atoms with Crippen molar-refractivity contribution in [3.8, 4) is 40.5 Å². The van der Waals surface area contributed by atoms with Crippen LogP contribution in [0, 0.1) is 0 Å². The third kappa shape index (κ3) is 35.9. The molecule has 5 N–H and O–H groups in total. The minimum atomic E-state index is 0.123. The first-order valence-electron chi connectivity index (χ1n) is 54.0. The summed E-state index contributed by atoms with van der Waals surface area (Å²) in [7, 11) is 0. The minimum Gasteiger partial charge on any atom is -0.493 e. The van der Waals surface area contributed by atoms with Gasteiger partial charge in [0.25, 0.3) is 0 Å². The smallest absolute Gasteiger partial charge is 0.217 e. The van der Waals surface area contributed by atoms with Gasteiger partial charge in [0.1, 0.15) is 43.7 Å². The van der Waals surface area contributed by atoms with Gasteiger partial charge in [-0.05, 0) is 257 Å². The number of rotatable bonds is 0. The van der Waals surface area contributed by atoms with Crippen LogP contribution in [0.15, 0.2) is 146 Å². The van der Waals surface area contributed by atoms with Crippen molar-refractivity contribution in [3.63, 3.8) is 0 Å². The van der Waals surface area contributed by atoms with E-state index in [-0.39, 0.29) is 54.1 Å². The van der Waals surface area contributed by atoms with E-state index in [4.69, 9.17) is 47.4 Å². The maximum absolute atomic E-state index is 5.66. The molecule has 146 heavy (non-hydrogen) atoms. The SMILES string of the molecule is CC(C)(C)c1ccc2c(c1)CCCO2.CC(C)(C)c1ccc2c(c1)CCCOC2.CC(C)(C)c1ccc2c(c1)CNCCO2.CC(C)(C)c1ccc2c(c1)OCCN2.CC(C)(C)c1cnc2c(c1)CCCO2.CC(C)(C)c1cnc2c(c1)CCCOC2.CC(C)(C)c1cnc2c(c1)CCCOC2.CC(C)(C)c1cnc2c(c1)CNCCO2.CC(C)(C)c1cnc2c(c1)OCCCN2.CC(C)(C)c1cnc2c(c1)OCCN2. The van der Waals surface area contributed by atoms with Gasteiger partial charge in [-0.2, -0.15) is 0 Å². The highest BCUT2D eigenvalue weighted by atomic mass is 16.5. The number of fused-ring (bicyclic) bond motifs is 10. The highest BCUT2D eigenvalue weighted by Crippen LogP contribution is 2.40. The average Bonchev–Trinajstić information content (AvgIpc) is 1.46. The lowest BCUT2D eigenvalue weighted by Gasteiger charge is -2.24. The van der Waals surface area contributed by atoms with Crippen molar-refractivity contribution in [2.75, 3.05) is 115 Å². The molecular weight excluding hydrogens is 1820 g/mol. The first kappa shape index (κ1) is 116. The number of benzene rings is 4. The summed E-state index contributed by atoms with van der Waals surface area (Å²) in [4.78, 5) is 26.5. The Morgan fingerprint density at radius 2 is 0.521 bits per heavy atom. The second kappa shape index (κ2) is 51.7. The summed E-state index contributed by atoms with van der Waals surface area (Å²) in [6.07, 6.45) is 24.0. The monoisotopic (exact) mass is 2000 g/mol. The average molecular weight is 2000 g/mol. The number of nitrogens with zero attached hydrogens (tertiary/aromatic N) is 6. The van der Waals surface area contributed by atoms with E-state index in [2.05, 4.69) is 373 Å². The molecule has 0 saturated carbocycles. The number of nitrogens with one attached hydrogen (secondary N) is 5. The molecule has 0 atom stereocenters. The summed E-state index contributed by atoms with van der Waals surface area (Å²) in [6, 6.07) is 39.6. The van der Waals surface area contributed by atoms with Crippen LogP contribution in [0.3, 0.4) is 0 Å². The highest BCUT2D eigenvalue weighted by Gasteiger charge is 2.29. The summed E-state index contributed by atoms with van der Waals surface area (Å²) in [6.45, 7) is 83.0. The number of hydrogen-bond donors (Lipinski definition) is 5. The maximum Gasteiger partial charge on any atom is 0.217 e. The fourth-order valence-corrected chi connectivity index (χ4v) is 17.1. The maximum atomic E-state index is 5.66. The van der Waals surface area contributed by atoms with Crippen molar-refractivity contribution < 1.29 is 47.4 Å². The van der Waals surface area contributed by atoms with Crippen molar-refractivity contribution >= 4 is 17.3 Å². The van der Waals surface area contributed by atoms with Crippen LogP contribution in [0.1, 0.15) is 358 Å². The van der Waals surface area contributed by atoms with Crippen LogP contribution in [0.2, 0.25) is 0 Å². The van der Waals surface area contributed by atoms with Crippen LogP contribution in [0.5, 0.6) is 40.5 Å². The van der Waals surface area contributed by atoms with E-state index in [9.17, 15) is 0 Å². The largest absolute Gasteiger partial charge is 0.493 e. The first-order chi connectivity index (χ1) is 68.7. The molecular formula is C125H181N11O10. The molecule has 10 aromatic rings. The Hall–Kier alpha value is -10.4. The molecule has 16 heterocycles. The molecule has 10 aliphatic heterocycles. The first-order valence-corrected chi connectivity index (χ1v) is 54.0. The van der Waals surface area contributed by atoms with Crippen LogP contribution in [0.25, 0.3) is 0 Å². The van der Waals surface area contributed by atoms with Gasteiger partial charge >= 0.3 is 0 Å². The van der Waals surface area contributed by atoms with Gasteiger partial charge in [-0.15, -0.1) is 0 Å². The molecule has 20 rings (SSSR count). The lowest BCUT2D eigenvalue weighted by Crippen LogP contribution is -2.20. The molecule has 0 unspecified atom stereocenters. The van der Waals surface area contributed by atoms with E-state index in [0.717, 1.165) is 239 Å². The Morgan fingerprint density at radius 3 is 1.03 bits per heavy atom. The van der Waals surface area contributed by atoms with Crippen LogP contribution in [-0.4, -0.2) is 129 Å². The zero-order valence-corrected chi connectivity index (χ0v) is 95.0. The van der Waals surface area contributed by atoms with Crippen molar-refractivity contribution in [1.82, 2.24) is 40.5 Å². The molecule has 796 valence electrons. The molecule has 0 aliphatic carbocycles. The van der Waals surface area contributed by atoms with Crippen LogP contribution >= 0.6 is 0 Å². The van der Waals surface area contributed by atoms with Gasteiger partial charge in [0.05, 0.1) is 63.3 Å². The standard InChI is InChI=1S/C14H20O.3C13H19NO.C13H18O.2C12H18N2O.2C12H17NO.C11H16N2O/c1-14(2,3)13-7-6-12-10-15-8-4-5-11(12)9-13;1-13(2,3)11-4-5-12-10(8-11)9-14-6-7-15-12;2*1-13(2,3)11-7-10-5-4-6-15-9-12(10)14-8-11;1-13(2,3)11-6-7-12-10(9-11)5-4-8-14-12;1-12(2,3)10-6-9-7-13-4-5-15-11(9)14-8-10;1-12(2,3)9-7-10-11(14-8-9)13-5-4-6-15-10;1-12(2,3)9-4-5-10-11(8-9)14-7-6-13-10;1-12(2,3)10-7-9-5-4-6-14-11(9)13-8-10;1-11(2,3)8-6-9-10(13-7-8)12-4-5-14-9/h6-7,9H,4-5,8,10H2,1-3H3;4-5,8,14H,6-7,9H2,1-3H3;2*7-8H,4-6,9H2,1-3H3;6-7,9H,4-5,8H2,1-3H3;6,8,13H,4-5,7H2,1-3H3;7-8H,4-6H2,1-3H3,(H,13,14);4-5,8,13H,6-7H2,1-3H3;7-8H,4-6H2,1-3H3;6-7H,4-5H2,1-3H3,(H,12,13). The molecule has 6 aromatic heterocycles. The molecule has 0 bridgehead atoms. The van der Waals surface area contributed by atoms with Gasteiger partial charge in [-0.3, -0.25) is 9.97 Å². The Kier molecular flexibility index (Phi) is 41.0. The second-order valence-corrected chi connectivity index (χ2v) is 50.1. The fraction of sp³-hybridized carbons (Fsp3) is 0.568. The second-order valence-electron chi connectivity index (χ2n) is 50.1. The molecule has 0 saturated heterocycles. The van der Waals surface area contributed by atoms with E-state index in [1.807, 2.05) is 37.2 Å². The molecule has 21 nitrogen and oxygen atoms in total. The van der Waals surface area contributed by atoms with E-state index in [1.54, 1.807) is 0 Å². The van der Waals surface area contributed by atoms with Gasteiger partial charge in [0.15, 0.2) is 23.1 Å². The third-order valence-corrected chi connectivity index (χ3v) is 27.1. The lowest BCUT2D eigenvalue weighted by molar-refractivity contribution is 0.122. The summed E-state index contributed by atoms with van der Waals surface area (Å²) >= 11 is 0. The van der Waals surface area contributed by atoms with E-state index in [1.165, 1.54) is 113 Å². The minimum absolute atomic E-state index is 0.123. The summed E-state index contributed by atoms with van der Waals surface area (Å²) < 4.78 is 55.6. The topological polar surface area (TPSA) is 230 Å². The molecule has 0 radical (unpaired) electrons. The molecule has 0 spiro atoms. The lowest BCUT2D eigenvalue weighted by atomic mass is 9.85. The number of aromatic nitrogens is 6. The van der Waals surface area contributed by atoms with E-state index in [0.29, 0.717) is 19.8 Å². The Balaban J connectivity index is 0.000000154. The van der Waals surface area contributed by atoms with Crippen molar-refractivity contribution in [2.24, 2.45) is 0 Å². The summed E-state index contributed by atoms with van der Waals surface area (Å²) in [5, 5.41) is 16.5. The number of hydrogen-bond acceptors (Lipinski definition) is 21. The Labute approximate surface area is 878 Å². The quantitative estimate of drug-likeness (QED) is 0.0950. The van der Waals surface area contributed by atoms with Crippen molar-refractivity contribution in [1.29, 1.82) is 0 Å². The van der Waals surface area contributed by atoms with E-state index < -0.39 is 0 Å². The summed E-state index contributed by atoms with van der Waals surface area (Å²) in [5.74, 6) is 8.24. The number of pyridine rings is 6. The molecule has 21 heteroatoms. The van der Waals surface area contributed by atoms with Gasteiger partial charge in [0.2, 0.25) is 11.8 Å². The predicted molar refractivity (Wildman–Crippen MR) is 601 cm³/mol. The van der Waals surface area contributed by atoms with Gasteiger partial charge in [-0.25, -0.2) is 19.9 Å². The van der Waals surface area contributed by atoms with Gasteiger partial charge < -0.3 is 74.0 Å². The zero-order valence-electron chi connectivity index (χ0n) is 95.0. The highest BCUT2D eigenvalue weighted by molar-refractivity contribution is 5.60. The van der Waals surface area contributed by atoms with Crippen LogP contribution < -0.4 is 59.7 Å². The third-order valence-electron chi connectivity index (χ3n) is 27.1.